The van der Waals surface area contributed by atoms with Crippen molar-refractivity contribution in [3.8, 4) is 5.75 Å². The molecule has 7 atom stereocenters. The zero-order chi connectivity index (χ0) is 25.3. The predicted octanol–water partition coefficient (Wildman–Crippen LogP) is 0.415. The lowest BCUT2D eigenvalue weighted by molar-refractivity contribution is -0.216. The first-order chi connectivity index (χ1) is 15.9. The Morgan fingerprint density at radius 1 is 1.26 bits per heavy atom. The lowest BCUT2D eigenvalue weighted by Crippen LogP contribution is -2.76. The first kappa shape index (κ1) is 24.4. The molecule has 2 saturated carbocycles. The molecule has 7 unspecified atom stereocenters. The van der Waals surface area contributed by atoms with E-state index in [1.165, 1.54) is 27.2 Å². The van der Waals surface area contributed by atoms with E-state index in [0.29, 0.717) is 5.56 Å². The van der Waals surface area contributed by atoms with Gasteiger partial charge < -0.3 is 20.3 Å². The molecule has 0 heterocycles. The normalized spacial score (nSPS) is 35.1. The monoisotopic (exact) mass is 476 g/mol. The van der Waals surface area contributed by atoms with E-state index in [9.17, 15) is 28.7 Å². The van der Waals surface area contributed by atoms with Gasteiger partial charge in [-0.15, -0.1) is 0 Å². The lowest BCUT2D eigenvalue weighted by atomic mass is 9.51. The van der Waals surface area contributed by atoms with Gasteiger partial charge in [-0.05, 0) is 51.4 Å². The number of phenols is 1. The Hall–Kier alpha value is -2.69. The second-order valence-corrected chi connectivity index (χ2v) is 9.72. The molecule has 4 rings (SSSR count). The number of fused-ring (bicyclic) bond motifs is 3. The van der Waals surface area contributed by atoms with Crippen LogP contribution in [0.5, 0.6) is 5.75 Å². The average molecular weight is 477 g/mol. The topological polar surface area (TPSA) is 136 Å². The largest absolute Gasteiger partial charge is 0.507 e. The van der Waals surface area contributed by atoms with Gasteiger partial charge in [-0.3, -0.25) is 24.1 Å². The van der Waals surface area contributed by atoms with Gasteiger partial charge in [0.25, 0.3) is 0 Å². The summed E-state index contributed by atoms with van der Waals surface area (Å²) in [4.78, 5) is 55.2. The fourth-order valence-electron chi connectivity index (χ4n) is 6.55. The van der Waals surface area contributed by atoms with Crippen molar-refractivity contribution >= 4 is 23.3 Å². The molecule has 1 aromatic carbocycles. The van der Waals surface area contributed by atoms with Crippen molar-refractivity contribution in [1.29, 1.82) is 0 Å². The number of ketones is 3. The fourth-order valence-corrected chi connectivity index (χ4v) is 6.55. The van der Waals surface area contributed by atoms with Crippen molar-refractivity contribution in [3.63, 3.8) is 0 Å². The number of nitrogens with zero attached hydrogens (tertiary/aromatic N) is 1. The summed E-state index contributed by atoms with van der Waals surface area (Å²) >= 11 is 0. The molecule has 0 saturated heterocycles. The van der Waals surface area contributed by atoms with Gasteiger partial charge in [0.05, 0.1) is 17.5 Å². The summed E-state index contributed by atoms with van der Waals surface area (Å²) in [5.74, 6) is -7.74. The minimum atomic E-state index is -1.80. The maximum absolute atomic E-state index is 14.3. The van der Waals surface area contributed by atoms with Crippen LogP contribution in [0, 0.1) is 36.4 Å². The van der Waals surface area contributed by atoms with Crippen LogP contribution in [-0.2, 0) is 30.3 Å². The number of rotatable bonds is 4. The molecule has 2 fully saturated rings. The fraction of sp³-hybridized carbons (Fsp3) is 0.583. The maximum Gasteiger partial charge on any atom is 0.230 e. The number of Topliss-reactive ketones (excluding diaryl/α,β-unsaturated/α-hetero) is 3. The summed E-state index contributed by atoms with van der Waals surface area (Å²) in [5.41, 5.74) is 3.96. The van der Waals surface area contributed by atoms with Crippen LogP contribution in [0.15, 0.2) is 6.07 Å². The molecule has 184 valence electrons. The standard InChI is InChI=1S/C24H29FN2O7/c1-9-13(25)8-11-6-10-7-12-17(27(2)3)20(30)16(23(26)32)22(33-4)24(12,34-5)21(31)15(10)19(29)14(11)18(9)28/h8,10,12,15-17,22,28H,6-7H2,1-5H3,(H2,26,32). The van der Waals surface area contributed by atoms with Gasteiger partial charge in [-0.25, -0.2) is 4.39 Å². The number of hydrogen-bond donors (Lipinski definition) is 2. The predicted molar refractivity (Wildman–Crippen MR) is 117 cm³/mol. The van der Waals surface area contributed by atoms with E-state index in [1.54, 1.807) is 19.0 Å². The number of primary amides is 1. The summed E-state index contributed by atoms with van der Waals surface area (Å²) in [5, 5.41) is 10.5. The molecule has 0 aliphatic heterocycles. The number of aromatic hydroxyl groups is 1. The van der Waals surface area contributed by atoms with Crippen LogP contribution >= 0.6 is 0 Å². The van der Waals surface area contributed by atoms with Crippen LogP contribution in [-0.4, -0.2) is 79.3 Å². The van der Waals surface area contributed by atoms with Crippen LogP contribution in [0.25, 0.3) is 0 Å². The van der Waals surface area contributed by atoms with Crippen molar-refractivity contribution in [2.24, 2.45) is 29.4 Å². The van der Waals surface area contributed by atoms with Crippen LogP contribution in [0.4, 0.5) is 4.39 Å². The van der Waals surface area contributed by atoms with Gasteiger partial charge >= 0.3 is 0 Å². The van der Waals surface area contributed by atoms with Crippen molar-refractivity contribution in [2.75, 3.05) is 28.3 Å². The Kier molecular flexibility index (Phi) is 5.90. The first-order valence-electron chi connectivity index (χ1n) is 11.1. The Morgan fingerprint density at radius 3 is 2.44 bits per heavy atom. The van der Waals surface area contributed by atoms with E-state index in [1.807, 2.05) is 0 Å². The molecule has 9 nitrogen and oxygen atoms in total. The number of ether oxygens (including phenoxy) is 2. The van der Waals surface area contributed by atoms with Gasteiger partial charge in [-0.1, -0.05) is 0 Å². The van der Waals surface area contributed by atoms with Crippen LogP contribution in [0.3, 0.4) is 0 Å². The molecule has 1 aromatic rings. The number of phenolic OH excluding ortho intramolecular Hbond substituents is 1. The third-order valence-corrected chi connectivity index (χ3v) is 7.99. The molecular formula is C24H29FN2O7. The van der Waals surface area contributed by atoms with Gasteiger partial charge in [-0.2, -0.15) is 0 Å². The van der Waals surface area contributed by atoms with E-state index in [2.05, 4.69) is 0 Å². The van der Waals surface area contributed by atoms with Crippen LogP contribution in [0.2, 0.25) is 0 Å². The molecule has 3 aliphatic rings. The van der Waals surface area contributed by atoms with Gasteiger partial charge in [0.2, 0.25) is 5.91 Å². The summed E-state index contributed by atoms with van der Waals surface area (Å²) in [6.07, 6.45) is -0.940. The zero-order valence-corrected chi connectivity index (χ0v) is 19.8. The number of halogens is 1. The van der Waals surface area contributed by atoms with Crippen molar-refractivity contribution in [2.45, 2.75) is 37.5 Å². The summed E-state index contributed by atoms with van der Waals surface area (Å²) in [7, 11) is 5.86. The molecule has 0 bridgehead atoms. The Labute approximate surface area is 196 Å². The third-order valence-electron chi connectivity index (χ3n) is 7.99. The number of methoxy groups -OCH3 is 2. The van der Waals surface area contributed by atoms with Gasteiger partial charge in [0.15, 0.2) is 23.0 Å². The minimum Gasteiger partial charge on any atom is -0.507 e. The molecule has 3 N–H and O–H groups in total. The minimum absolute atomic E-state index is 0.0744. The van der Waals surface area contributed by atoms with Crippen molar-refractivity contribution in [3.05, 3.63) is 28.6 Å². The highest BCUT2D eigenvalue weighted by Gasteiger charge is 2.70. The van der Waals surface area contributed by atoms with Gasteiger partial charge in [0.1, 0.15) is 23.6 Å². The smallest absolute Gasteiger partial charge is 0.230 e. The van der Waals surface area contributed by atoms with Crippen molar-refractivity contribution < 1.29 is 38.1 Å². The SMILES string of the molecule is COC1C(C(N)=O)C(=O)C(N(C)C)C2CC3Cc4cc(F)c(C)c(O)c4C(=O)C3C(=O)C21OC. The number of likely N-dealkylation sites (N-methyl/N-ethyl adjacent to an activating group) is 1. The average Bonchev–Trinajstić information content (AvgIpc) is 2.75. The highest BCUT2D eigenvalue weighted by molar-refractivity contribution is 6.18. The molecule has 10 heteroatoms. The van der Waals surface area contributed by atoms with E-state index >= 15 is 0 Å². The van der Waals surface area contributed by atoms with Crippen LogP contribution < -0.4 is 5.73 Å². The molecule has 0 radical (unpaired) electrons. The number of carbonyl (C=O) groups is 4. The number of benzene rings is 1. The third kappa shape index (κ3) is 3.01. The number of hydrogen-bond acceptors (Lipinski definition) is 8. The first-order valence-corrected chi connectivity index (χ1v) is 11.1. The van der Waals surface area contributed by atoms with E-state index < -0.39 is 76.2 Å². The van der Waals surface area contributed by atoms with E-state index in [-0.39, 0.29) is 24.0 Å². The Morgan fingerprint density at radius 2 is 1.91 bits per heavy atom. The summed E-state index contributed by atoms with van der Waals surface area (Å²) < 4.78 is 25.7. The number of amides is 1. The Bertz CT molecular complexity index is 1100. The quantitative estimate of drug-likeness (QED) is 0.597. The molecule has 3 aliphatic carbocycles. The lowest BCUT2D eigenvalue weighted by Gasteiger charge is -2.57. The maximum atomic E-state index is 14.3. The molecule has 0 aromatic heterocycles. The zero-order valence-electron chi connectivity index (χ0n) is 19.8. The van der Waals surface area contributed by atoms with Crippen LogP contribution in [0.1, 0.15) is 27.9 Å². The summed E-state index contributed by atoms with van der Waals surface area (Å²) in [6.45, 7) is 1.35. The second kappa shape index (κ2) is 8.21. The molecule has 34 heavy (non-hydrogen) atoms. The highest BCUT2D eigenvalue weighted by atomic mass is 19.1. The molecule has 1 amide bonds. The van der Waals surface area contributed by atoms with Crippen molar-refractivity contribution in [1.82, 2.24) is 4.90 Å². The Balaban J connectivity index is 1.93. The number of nitrogens with two attached hydrogens (primary N) is 1. The highest BCUT2D eigenvalue weighted by Crippen LogP contribution is 2.54. The van der Waals surface area contributed by atoms with E-state index in [4.69, 9.17) is 15.2 Å². The summed E-state index contributed by atoms with van der Waals surface area (Å²) in [6, 6.07) is 0.325. The van der Waals surface area contributed by atoms with E-state index in [0.717, 1.165) is 0 Å². The molecular weight excluding hydrogens is 447 g/mol. The number of carbonyl (C=O) groups excluding carboxylic acids is 4. The second-order valence-electron chi connectivity index (χ2n) is 9.72. The molecule has 0 spiro atoms. The van der Waals surface area contributed by atoms with Gasteiger partial charge in [0, 0.05) is 25.7 Å².